The van der Waals surface area contributed by atoms with Crippen LogP contribution < -0.4 is 27.4 Å². The van der Waals surface area contributed by atoms with Crippen LogP contribution in [-0.4, -0.2) is 87.7 Å². The molecular formula is C29H46N6O6S2. The van der Waals surface area contributed by atoms with E-state index in [1.54, 1.807) is 20.8 Å². The molecule has 0 spiro atoms. The number of hydrogen-bond acceptors (Lipinski definition) is 9. The third-order valence-corrected chi connectivity index (χ3v) is 8.30. The summed E-state index contributed by atoms with van der Waals surface area (Å²) in [7, 11) is 0. The van der Waals surface area contributed by atoms with Crippen molar-refractivity contribution < 1.29 is 29.1 Å². The van der Waals surface area contributed by atoms with Gasteiger partial charge in [0.1, 0.15) is 18.1 Å². The molecule has 1 aliphatic rings. The van der Waals surface area contributed by atoms with Crippen molar-refractivity contribution in [3.8, 4) is 0 Å². The largest absolute Gasteiger partial charge is 0.480 e. The monoisotopic (exact) mass is 638 g/mol. The Balaban J connectivity index is 2.28. The molecule has 1 aromatic carbocycles. The van der Waals surface area contributed by atoms with Gasteiger partial charge in [0.2, 0.25) is 17.7 Å². The number of thioether (sulfide) groups is 1. The van der Waals surface area contributed by atoms with E-state index in [0.717, 1.165) is 17.5 Å². The van der Waals surface area contributed by atoms with E-state index < -0.39 is 64.6 Å². The van der Waals surface area contributed by atoms with Gasteiger partial charge in [-0.05, 0) is 54.4 Å². The minimum Gasteiger partial charge on any atom is -0.480 e. The van der Waals surface area contributed by atoms with Crippen LogP contribution >= 0.6 is 24.4 Å². The van der Waals surface area contributed by atoms with Crippen LogP contribution in [0.15, 0.2) is 24.3 Å². The molecule has 0 unspecified atom stereocenters. The molecule has 240 valence electrons. The number of thiol groups is 1. The van der Waals surface area contributed by atoms with Crippen molar-refractivity contribution in [2.24, 2.45) is 16.9 Å². The minimum absolute atomic E-state index is 0.0940. The number of carbonyl (C=O) groups excluding carboxylic acids is 4. The maximum Gasteiger partial charge on any atom is 0.326 e. The normalized spacial score (nSPS) is 17.6. The fraction of sp³-hybridized carbons (Fsp3) is 0.621. The van der Waals surface area contributed by atoms with Gasteiger partial charge in [-0.2, -0.15) is 11.8 Å². The van der Waals surface area contributed by atoms with E-state index >= 15 is 0 Å². The van der Waals surface area contributed by atoms with E-state index in [-0.39, 0.29) is 19.4 Å². The lowest BCUT2D eigenvalue weighted by Gasteiger charge is -2.41. The number of carbonyl (C=O) groups is 5. The van der Waals surface area contributed by atoms with Crippen LogP contribution in [0.2, 0.25) is 0 Å². The Morgan fingerprint density at radius 3 is 2.28 bits per heavy atom. The van der Waals surface area contributed by atoms with Gasteiger partial charge in [0.25, 0.3) is 5.91 Å². The van der Waals surface area contributed by atoms with Gasteiger partial charge in [-0.3, -0.25) is 19.2 Å². The van der Waals surface area contributed by atoms with E-state index in [4.69, 9.17) is 11.5 Å². The molecule has 14 heteroatoms. The quantitative estimate of drug-likeness (QED) is 0.0818. The van der Waals surface area contributed by atoms with Crippen molar-refractivity contribution >= 4 is 54.0 Å². The lowest BCUT2D eigenvalue weighted by molar-refractivity contribution is -0.148. The zero-order valence-electron chi connectivity index (χ0n) is 25.3. The number of fused-ring (bicyclic) bond motifs is 1. The van der Waals surface area contributed by atoms with Gasteiger partial charge in [0, 0.05) is 13.0 Å². The molecule has 0 radical (unpaired) electrons. The predicted molar refractivity (Wildman–Crippen MR) is 170 cm³/mol. The van der Waals surface area contributed by atoms with Crippen molar-refractivity contribution in [3.05, 3.63) is 35.4 Å². The molecule has 0 saturated carbocycles. The van der Waals surface area contributed by atoms with Crippen LogP contribution in [0.1, 0.15) is 57.6 Å². The molecule has 43 heavy (non-hydrogen) atoms. The van der Waals surface area contributed by atoms with Crippen LogP contribution in [0.4, 0.5) is 0 Å². The molecular weight excluding hydrogens is 592 g/mol. The van der Waals surface area contributed by atoms with Crippen molar-refractivity contribution in [1.82, 2.24) is 20.9 Å². The Kier molecular flexibility index (Phi) is 14.3. The fourth-order valence-corrected chi connectivity index (χ4v) is 5.41. The summed E-state index contributed by atoms with van der Waals surface area (Å²) in [5.41, 5.74) is 12.3. The summed E-state index contributed by atoms with van der Waals surface area (Å²) in [6.45, 7) is 5.88. The average molecular weight is 639 g/mol. The molecule has 0 aromatic heterocycles. The molecule has 5 atom stereocenters. The second-order valence-electron chi connectivity index (χ2n) is 11.7. The summed E-state index contributed by atoms with van der Waals surface area (Å²) in [4.78, 5) is 66.6. The van der Waals surface area contributed by atoms with Crippen LogP contribution in [0.3, 0.4) is 0 Å². The first-order valence-electron chi connectivity index (χ1n) is 14.3. The predicted octanol–water partition coefficient (Wildman–Crippen LogP) is 0.622. The van der Waals surface area contributed by atoms with Gasteiger partial charge in [-0.15, -0.1) is 12.6 Å². The molecule has 1 aromatic rings. The summed E-state index contributed by atoms with van der Waals surface area (Å²) in [5.74, 6) is -2.98. The highest BCUT2D eigenvalue weighted by Crippen LogP contribution is 2.28. The van der Waals surface area contributed by atoms with E-state index in [1.807, 2.05) is 30.5 Å². The number of nitrogens with one attached hydrogen (secondary N) is 3. The molecule has 0 aliphatic carbocycles. The summed E-state index contributed by atoms with van der Waals surface area (Å²) < 4.78 is 0. The van der Waals surface area contributed by atoms with Crippen molar-refractivity contribution in [3.63, 3.8) is 0 Å². The third kappa shape index (κ3) is 10.7. The lowest BCUT2D eigenvalue weighted by atomic mass is 9.84. The molecule has 0 bridgehead atoms. The Morgan fingerprint density at radius 1 is 1.05 bits per heavy atom. The Morgan fingerprint density at radius 2 is 1.70 bits per heavy atom. The zero-order valence-corrected chi connectivity index (χ0v) is 27.0. The SMILES string of the molecule is CSCC[C@H](NC(=O)[C@@H]1Cc2ccccc2CN1C(=O)[C@@H](NC(=O)[C@H](S)NC(=O)[C@H](N)CCCCN)C(C)(C)C)C(=O)O. The molecule has 0 fully saturated rings. The Bertz CT molecular complexity index is 1150. The van der Waals surface area contributed by atoms with Gasteiger partial charge in [-0.25, -0.2) is 4.79 Å². The van der Waals surface area contributed by atoms with Gasteiger partial charge >= 0.3 is 5.97 Å². The number of carboxylic acids is 1. The number of amides is 4. The fourth-order valence-electron chi connectivity index (χ4n) is 4.73. The van der Waals surface area contributed by atoms with Crippen molar-refractivity contribution in [2.75, 3.05) is 18.6 Å². The number of nitrogens with two attached hydrogens (primary N) is 2. The number of aliphatic carboxylic acids is 1. The van der Waals surface area contributed by atoms with Gasteiger partial charge < -0.3 is 37.4 Å². The highest BCUT2D eigenvalue weighted by molar-refractivity contribution is 7.98. The molecule has 2 rings (SSSR count). The molecule has 12 nitrogen and oxygen atoms in total. The van der Waals surface area contributed by atoms with Crippen LogP contribution in [0.5, 0.6) is 0 Å². The molecule has 4 amide bonds. The standard InChI is InChI=1S/C29H46N6O6S2/c1-29(2,3)22(33-25(38)26(42)34-23(36)19(31)11-7-8-13-30)27(39)35-16-18-10-6-5-9-17(18)15-21(35)24(37)32-20(28(40)41)12-14-43-4/h5-6,9-10,19-22,26,42H,7-8,11-16,30-31H2,1-4H3,(H,32,37)(H,33,38)(H,34,36)(H,40,41)/t19-,20+,21+,22-,26+/m1/s1. The number of hydrogen-bond donors (Lipinski definition) is 7. The first-order valence-corrected chi connectivity index (χ1v) is 16.3. The summed E-state index contributed by atoms with van der Waals surface area (Å²) in [6.07, 6.45) is 4.03. The second kappa shape index (κ2) is 16.9. The van der Waals surface area contributed by atoms with E-state index in [9.17, 15) is 29.1 Å². The third-order valence-electron chi connectivity index (χ3n) is 7.29. The van der Waals surface area contributed by atoms with Gasteiger partial charge in [-0.1, -0.05) is 51.5 Å². The summed E-state index contributed by atoms with van der Waals surface area (Å²) in [5, 5.41) is 16.2. The van der Waals surface area contributed by atoms with E-state index in [0.29, 0.717) is 25.1 Å². The Labute approximate surface area is 263 Å². The first-order chi connectivity index (χ1) is 20.2. The molecule has 0 saturated heterocycles. The minimum atomic E-state index is -1.28. The number of nitrogens with zero attached hydrogens (tertiary/aromatic N) is 1. The summed E-state index contributed by atoms with van der Waals surface area (Å²) in [6, 6.07) is 3.36. The smallest absolute Gasteiger partial charge is 0.326 e. The van der Waals surface area contributed by atoms with Crippen molar-refractivity contribution in [1.29, 1.82) is 0 Å². The molecule has 1 aliphatic heterocycles. The van der Waals surface area contributed by atoms with Crippen molar-refractivity contribution in [2.45, 2.75) is 89.0 Å². The van der Waals surface area contributed by atoms with Crippen LogP contribution in [0, 0.1) is 5.41 Å². The van der Waals surface area contributed by atoms with Crippen LogP contribution in [-0.2, 0) is 36.9 Å². The topological polar surface area (TPSA) is 197 Å². The molecule has 8 N–H and O–H groups in total. The van der Waals surface area contributed by atoms with Gasteiger partial charge in [0.15, 0.2) is 5.37 Å². The van der Waals surface area contributed by atoms with E-state index in [2.05, 4.69) is 28.6 Å². The maximum absolute atomic E-state index is 14.2. The Hall–Kier alpha value is -2.81. The molecule has 1 heterocycles. The van der Waals surface area contributed by atoms with Crippen LogP contribution in [0.25, 0.3) is 0 Å². The summed E-state index contributed by atoms with van der Waals surface area (Å²) >= 11 is 5.71. The highest BCUT2D eigenvalue weighted by Gasteiger charge is 2.43. The average Bonchev–Trinajstić information content (AvgIpc) is 2.95. The number of rotatable bonds is 15. The zero-order chi connectivity index (χ0) is 32.3. The second-order valence-corrected chi connectivity index (χ2v) is 13.2. The first kappa shape index (κ1) is 36.4. The van der Waals surface area contributed by atoms with Gasteiger partial charge in [0.05, 0.1) is 6.04 Å². The number of carboxylic acid groups (broad SMARTS) is 1. The number of unbranched alkanes of at least 4 members (excludes halogenated alkanes) is 1. The maximum atomic E-state index is 14.2. The number of benzene rings is 1. The lowest BCUT2D eigenvalue weighted by Crippen LogP contribution is -2.62. The highest BCUT2D eigenvalue weighted by atomic mass is 32.2. The van der Waals surface area contributed by atoms with E-state index in [1.165, 1.54) is 16.7 Å².